The van der Waals surface area contributed by atoms with E-state index in [1.165, 1.54) is 0 Å². The van der Waals surface area contributed by atoms with Crippen LogP contribution in [0.25, 0.3) is 33.2 Å². The zero-order chi connectivity index (χ0) is 30.5. The summed E-state index contributed by atoms with van der Waals surface area (Å²) in [7, 11) is 0. The van der Waals surface area contributed by atoms with Crippen molar-refractivity contribution in [1.29, 1.82) is 0 Å². The number of ether oxygens (including phenoxy) is 2. The summed E-state index contributed by atoms with van der Waals surface area (Å²) in [6.45, 7) is 12.0. The van der Waals surface area contributed by atoms with Gasteiger partial charge in [0.05, 0.1) is 34.0 Å². The zero-order valence-electron chi connectivity index (χ0n) is 25.7. The van der Waals surface area contributed by atoms with Crippen LogP contribution in [-0.4, -0.2) is 71.3 Å². The molecule has 6 rings (SSSR count). The number of piperidine rings is 1. The molecule has 2 aliphatic rings. The lowest BCUT2D eigenvalue weighted by Crippen LogP contribution is -2.42. The van der Waals surface area contributed by atoms with Gasteiger partial charge in [0.2, 0.25) is 0 Å². The molecule has 2 amide bonds. The molecule has 2 atom stereocenters. The number of thioether (sulfide) groups is 1. The smallest absolute Gasteiger partial charge is 0.411 e. The molecule has 0 bridgehead atoms. The first-order chi connectivity index (χ1) is 20.3. The molecule has 10 nitrogen and oxygen atoms in total. The van der Waals surface area contributed by atoms with Crippen LogP contribution >= 0.6 is 11.8 Å². The number of likely N-dealkylation sites (tertiary alicyclic amines) is 1. The number of carbonyl (C=O) groups is 2. The fraction of sp³-hybridized carbons (Fsp3) is 0.500. The SMILES string of the molecule is CC(C)(C)OC(=O)N1CCCC[C@H]1c1nc2cc(-c3ccc4nc([C@@H]5CSCN5C(=O)OC(C)(C)C)[nH]c4c3)ccc2[nH]1. The number of rotatable bonds is 3. The highest BCUT2D eigenvalue weighted by atomic mass is 32.2. The molecular weight excluding hydrogens is 564 g/mol. The van der Waals surface area contributed by atoms with Crippen molar-refractivity contribution in [3.8, 4) is 11.1 Å². The molecule has 2 aromatic heterocycles. The number of aromatic amines is 2. The molecule has 2 saturated heterocycles. The first-order valence-corrected chi connectivity index (χ1v) is 16.1. The second kappa shape index (κ2) is 11.1. The van der Waals surface area contributed by atoms with E-state index in [9.17, 15) is 9.59 Å². The van der Waals surface area contributed by atoms with E-state index in [0.29, 0.717) is 12.4 Å². The fourth-order valence-electron chi connectivity index (χ4n) is 5.65. The van der Waals surface area contributed by atoms with Gasteiger partial charge in [-0.25, -0.2) is 19.6 Å². The summed E-state index contributed by atoms with van der Waals surface area (Å²) in [5.41, 5.74) is 4.50. The fourth-order valence-corrected chi connectivity index (χ4v) is 6.80. The minimum atomic E-state index is -0.554. The molecule has 2 N–H and O–H groups in total. The summed E-state index contributed by atoms with van der Waals surface area (Å²) < 4.78 is 11.3. The minimum Gasteiger partial charge on any atom is -0.444 e. The van der Waals surface area contributed by atoms with Crippen LogP contribution in [-0.2, 0) is 9.47 Å². The van der Waals surface area contributed by atoms with Gasteiger partial charge < -0.3 is 19.4 Å². The van der Waals surface area contributed by atoms with Crippen LogP contribution in [0.5, 0.6) is 0 Å². The highest BCUT2D eigenvalue weighted by Gasteiger charge is 2.36. The lowest BCUT2D eigenvalue weighted by molar-refractivity contribution is 0.00850. The Labute approximate surface area is 255 Å². The van der Waals surface area contributed by atoms with Crippen molar-refractivity contribution in [2.45, 2.75) is 84.1 Å². The maximum Gasteiger partial charge on any atom is 0.411 e. The van der Waals surface area contributed by atoms with Gasteiger partial charge >= 0.3 is 12.2 Å². The molecule has 4 aromatic rings. The Morgan fingerprint density at radius 3 is 2.16 bits per heavy atom. The van der Waals surface area contributed by atoms with Gasteiger partial charge in [-0.3, -0.25) is 9.80 Å². The number of aromatic nitrogens is 4. The number of H-pyrrole nitrogens is 2. The largest absolute Gasteiger partial charge is 0.444 e. The van der Waals surface area contributed by atoms with Crippen molar-refractivity contribution in [1.82, 2.24) is 29.7 Å². The average molecular weight is 605 g/mol. The maximum atomic E-state index is 13.0. The predicted octanol–water partition coefficient (Wildman–Crippen LogP) is 7.55. The molecule has 2 fully saturated rings. The van der Waals surface area contributed by atoms with Gasteiger partial charge in [0, 0.05) is 12.3 Å². The summed E-state index contributed by atoms with van der Waals surface area (Å²) in [4.78, 5) is 46.1. The highest BCUT2D eigenvalue weighted by Crippen LogP contribution is 2.36. The molecule has 0 unspecified atom stereocenters. The zero-order valence-corrected chi connectivity index (χ0v) is 26.5. The molecule has 2 aliphatic heterocycles. The Hall–Kier alpha value is -3.73. The lowest BCUT2D eigenvalue weighted by Gasteiger charge is -2.35. The molecular formula is C32H40N6O4S. The summed E-state index contributed by atoms with van der Waals surface area (Å²) in [6.07, 6.45) is 2.22. The number of nitrogens with one attached hydrogen (secondary N) is 2. The monoisotopic (exact) mass is 604 g/mol. The van der Waals surface area contributed by atoms with Gasteiger partial charge in [-0.15, -0.1) is 11.8 Å². The van der Waals surface area contributed by atoms with Crippen molar-refractivity contribution in [3.63, 3.8) is 0 Å². The molecule has 43 heavy (non-hydrogen) atoms. The molecule has 0 radical (unpaired) electrons. The third-order valence-corrected chi connectivity index (χ3v) is 8.62. The molecule has 0 spiro atoms. The standard InChI is InChI=1S/C32H40N6O4S/c1-31(2,3)41-29(39)37-14-8-7-9-25(37)27-33-21-12-10-19(15-23(21)35-27)20-11-13-22-24(16-20)36-28(34-22)26-17-43-18-38(26)30(40)42-32(4,5)6/h10-13,15-16,25-26H,7-9,14,17-18H2,1-6H3,(H,33,35)(H,34,36)/t25-,26-/m0/s1. The second-order valence-electron chi connectivity index (χ2n) is 13.4. The first-order valence-electron chi connectivity index (χ1n) is 14.9. The van der Waals surface area contributed by atoms with Crippen LogP contribution in [0.2, 0.25) is 0 Å². The van der Waals surface area contributed by atoms with Crippen molar-refractivity contribution < 1.29 is 19.1 Å². The number of hydrogen-bond donors (Lipinski definition) is 2. The van der Waals surface area contributed by atoms with E-state index < -0.39 is 11.2 Å². The maximum absolute atomic E-state index is 13.0. The molecule has 11 heteroatoms. The first kappa shape index (κ1) is 29.3. The van der Waals surface area contributed by atoms with Crippen molar-refractivity contribution >= 4 is 46.0 Å². The minimum absolute atomic E-state index is 0.145. The Kier molecular flexibility index (Phi) is 7.56. The molecule has 2 aromatic carbocycles. The van der Waals surface area contributed by atoms with E-state index in [0.717, 1.165) is 69.9 Å². The third kappa shape index (κ3) is 6.32. The number of imidazole rings is 2. The third-order valence-electron chi connectivity index (χ3n) is 7.61. The van der Waals surface area contributed by atoms with E-state index in [4.69, 9.17) is 19.4 Å². The van der Waals surface area contributed by atoms with E-state index in [1.54, 1.807) is 16.7 Å². The van der Waals surface area contributed by atoms with Crippen LogP contribution in [0.4, 0.5) is 9.59 Å². The van der Waals surface area contributed by atoms with Crippen LogP contribution < -0.4 is 0 Å². The van der Waals surface area contributed by atoms with E-state index >= 15 is 0 Å². The molecule has 0 aliphatic carbocycles. The van der Waals surface area contributed by atoms with Gasteiger partial charge in [0.25, 0.3) is 0 Å². The van der Waals surface area contributed by atoms with Gasteiger partial charge in [-0.1, -0.05) is 12.1 Å². The number of hydrogen-bond acceptors (Lipinski definition) is 7. The van der Waals surface area contributed by atoms with Gasteiger partial charge in [-0.2, -0.15) is 0 Å². The van der Waals surface area contributed by atoms with Gasteiger partial charge in [0.15, 0.2) is 0 Å². The molecule has 4 heterocycles. The quantitative estimate of drug-likeness (QED) is 0.248. The Morgan fingerprint density at radius 1 is 0.791 bits per heavy atom. The molecule has 0 saturated carbocycles. The summed E-state index contributed by atoms with van der Waals surface area (Å²) >= 11 is 1.69. The second-order valence-corrected chi connectivity index (χ2v) is 14.4. The van der Waals surface area contributed by atoms with Crippen LogP contribution in [0.15, 0.2) is 36.4 Å². The number of nitrogens with zero attached hydrogens (tertiary/aromatic N) is 4. The van der Waals surface area contributed by atoms with Crippen LogP contribution in [0.1, 0.15) is 84.5 Å². The summed E-state index contributed by atoms with van der Waals surface area (Å²) in [5.74, 6) is 2.88. The topological polar surface area (TPSA) is 116 Å². The van der Waals surface area contributed by atoms with Crippen molar-refractivity contribution in [2.75, 3.05) is 18.2 Å². The van der Waals surface area contributed by atoms with Crippen LogP contribution in [0.3, 0.4) is 0 Å². The normalized spacial score (nSPS) is 19.8. The number of fused-ring (bicyclic) bond motifs is 2. The summed E-state index contributed by atoms with van der Waals surface area (Å²) in [5, 5.41) is 0. The average Bonchev–Trinajstić information content (AvgIpc) is 3.68. The van der Waals surface area contributed by atoms with Gasteiger partial charge in [-0.05, 0) is 96.2 Å². The Balaban J connectivity index is 1.24. The highest BCUT2D eigenvalue weighted by molar-refractivity contribution is 7.99. The van der Waals surface area contributed by atoms with Crippen molar-refractivity contribution in [3.05, 3.63) is 48.0 Å². The lowest BCUT2D eigenvalue weighted by atomic mass is 10.0. The number of benzene rings is 2. The Morgan fingerprint density at radius 2 is 1.42 bits per heavy atom. The number of carbonyl (C=O) groups excluding carboxylic acids is 2. The molecule has 228 valence electrons. The Bertz CT molecular complexity index is 1670. The van der Waals surface area contributed by atoms with Crippen LogP contribution in [0, 0.1) is 0 Å². The summed E-state index contributed by atoms with van der Waals surface area (Å²) in [6, 6.07) is 12.0. The van der Waals surface area contributed by atoms with E-state index in [1.807, 2.05) is 58.6 Å². The van der Waals surface area contributed by atoms with E-state index in [2.05, 4.69) is 34.2 Å². The van der Waals surface area contributed by atoms with Gasteiger partial charge in [0.1, 0.15) is 28.9 Å². The van der Waals surface area contributed by atoms with E-state index in [-0.39, 0.29) is 24.3 Å². The van der Waals surface area contributed by atoms with Crippen molar-refractivity contribution in [2.24, 2.45) is 0 Å². The predicted molar refractivity (Wildman–Crippen MR) is 169 cm³/mol. The number of amides is 2.